The molecule has 1 unspecified atom stereocenters. The second kappa shape index (κ2) is 11.2. The van der Waals surface area contributed by atoms with Crippen molar-refractivity contribution in [3.8, 4) is 11.4 Å². The van der Waals surface area contributed by atoms with Crippen molar-refractivity contribution >= 4 is 28.4 Å². The van der Waals surface area contributed by atoms with E-state index < -0.39 is 0 Å². The number of carbonyl (C=O) groups is 2. The largest absolute Gasteiger partial charge is 0.335 e. The van der Waals surface area contributed by atoms with Gasteiger partial charge in [-0.05, 0) is 29.0 Å². The lowest BCUT2D eigenvalue weighted by Gasteiger charge is -2.38. The number of pyridine rings is 1. The van der Waals surface area contributed by atoms with E-state index in [9.17, 15) is 9.59 Å². The number of hydrogen-bond donors (Lipinski definition) is 1. The molecule has 6 rings (SSSR count). The van der Waals surface area contributed by atoms with Crippen LogP contribution in [0.25, 0.3) is 22.3 Å². The summed E-state index contributed by atoms with van der Waals surface area (Å²) in [5.74, 6) is 0.808. The Morgan fingerprint density at radius 1 is 0.951 bits per heavy atom. The van der Waals surface area contributed by atoms with Crippen LogP contribution in [-0.4, -0.2) is 83.0 Å². The van der Waals surface area contributed by atoms with Crippen molar-refractivity contribution in [2.75, 3.05) is 31.5 Å². The molecule has 2 aromatic carbocycles. The Labute approximate surface area is 236 Å². The first-order valence-corrected chi connectivity index (χ1v) is 13.3. The highest BCUT2D eigenvalue weighted by Gasteiger charge is 2.32. The molecule has 12 nitrogen and oxygen atoms in total. The number of rotatable bonds is 6. The van der Waals surface area contributed by atoms with Crippen molar-refractivity contribution in [1.82, 2.24) is 45.0 Å². The number of hydrogen-bond acceptors (Lipinski definition) is 9. The molecule has 0 saturated carbocycles. The number of benzene rings is 2. The Bertz CT molecular complexity index is 1710. The van der Waals surface area contributed by atoms with Crippen molar-refractivity contribution in [2.24, 2.45) is 7.05 Å². The zero-order valence-electron chi connectivity index (χ0n) is 22.7. The molecule has 2 amide bonds. The summed E-state index contributed by atoms with van der Waals surface area (Å²) >= 11 is 0. The molecule has 1 atom stereocenters. The van der Waals surface area contributed by atoms with Gasteiger partial charge in [0, 0.05) is 56.7 Å². The van der Waals surface area contributed by atoms with Crippen LogP contribution in [-0.2, 0) is 11.8 Å². The van der Waals surface area contributed by atoms with Crippen LogP contribution in [0, 0.1) is 0 Å². The first kappa shape index (κ1) is 26.1. The molecule has 0 bridgehead atoms. The summed E-state index contributed by atoms with van der Waals surface area (Å²) in [6.07, 6.45) is 3.24. The van der Waals surface area contributed by atoms with Crippen molar-refractivity contribution in [1.29, 1.82) is 0 Å². The van der Waals surface area contributed by atoms with Gasteiger partial charge in [-0.15, -0.1) is 10.2 Å². The molecule has 0 spiro atoms. The van der Waals surface area contributed by atoms with Crippen molar-refractivity contribution in [2.45, 2.75) is 13.0 Å². The summed E-state index contributed by atoms with van der Waals surface area (Å²) in [4.78, 5) is 44.3. The van der Waals surface area contributed by atoms with Gasteiger partial charge in [0.15, 0.2) is 11.6 Å². The first-order valence-electron chi connectivity index (χ1n) is 13.3. The minimum atomic E-state index is -0.159. The zero-order valence-corrected chi connectivity index (χ0v) is 22.7. The van der Waals surface area contributed by atoms with Crippen LogP contribution in [0.1, 0.15) is 34.8 Å². The van der Waals surface area contributed by atoms with Gasteiger partial charge in [0.2, 0.25) is 5.91 Å². The van der Waals surface area contributed by atoms with Crippen LogP contribution in [0.3, 0.4) is 0 Å². The lowest BCUT2D eigenvalue weighted by molar-refractivity contribution is -0.114. The first-order chi connectivity index (χ1) is 20.0. The Hall–Kier alpha value is -5.10. The molecule has 1 saturated heterocycles. The van der Waals surface area contributed by atoms with Crippen LogP contribution in [0.15, 0.2) is 73.1 Å². The number of aromatic nitrogens is 7. The number of aryl methyl sites for hydroxylation is 1. The number of anilines is 1. The standard InChI is InChI=1S/C29H28N10O2/c1-19(40)32-22-10-6-9-21(17-22)27-31-18-23-24(33-27)11-12-30-25(23)29(41)39-15-13-38(14-16-39)26(20-7-4-3-5-8-20)28-34-36-37(2)35-28/h3-12,17-18,26H,13-16H2,1-2H3,(H,32,40). The smallest absolute Gasteiger partial charge is 0.273 e. The summed E-state index contributed by atoms with van der Waals surface area (Å²) in [7, 11) is 1.75. The molecule has 0 radical (unpaired) electrons. The van der Waals surface area contributed by atoms with E-state index in [0.717, 1.165) is 11.1 Å². The monoisotopic (exact) mass is 548 g/mol. The molecular weight excluding hydrogens is 520 g/mol. The molecule has 3 aromatic heterocycles. The number of nitrogens with zero attached hydrogens (tertiary/aromatic N) is 9. The number of piperazine rings is 1. The van der Waals surface area contributed by atoms with Gasteiger partial charge in [0.05, 0.1) is 24.0 Å². The van der Waals surface area contributed by atoms with Crippen LogP contribution >= 0.6 is 0 Å². The van der Waals surface area contributed by atoms with Crippen LogP contribution in [0.4, 0.5) is 5.69 Å². The third-order valence-electron chi connectivity index (χ3n) is 7.00. The van der Waals surface area contributed by atoms with Crippen LogP contribution in [0.5, 0.6) is 0 Å². The lowest BCUT2D eigenvalue weighted by atomic mass is 10.0. The fraction of sp³-hybridized carbons (Fsp3) is 0.241. The van der Waals surface area contributed by atoms with Gasteiger partial charge in [-0.25, -0.2) is 9.97 Å². The van der Waals surface area contributed by atoms with E-state index in [-0.39, 0.29) is 17.9 Å². The second-order valence-electron chi connectivity index (χ2n) is 9.83. The summed E-state index contributed by atoms with van der Waals surface area (Å²) in [6.45, 7) is 3.78. The number of tetrazole rings is 1. The molecule has 12 heteroatoms. The fourth-order valence-electron chi connectivity index (χ4n) is 5.10. The van der Waals surface area contributed by atoms with Gasteiger partial charge in [-0.3, -0.25) is 19.5 Å². The van der Waals surface area contributed by atoms with Crippen molar-refractivity contribution < 1.29 is 9.59 Å². The van der Waals surface area contributed by atoms with E-state index in [0.29, 0.717) is 60.1 Å². The predicted molar refractivity (Wildman–Crippen MR) is 152 cm³/mol. The average molecular weight is 549 g/mol. The van der Waals surface area contributed by atoms with Gasteiger partial charge in [-0.2, -0.15) is 4.80 Å². The average Bonchev–Trinajstić information content (AvgIpc) is 3.42. The Balaban J connectivity index is 1.21. The molecule has 1 fully saturated rings. The molecule has 5 aromatic rings. The maximum Gasteiger partial charge on any atom is 0.273 e. The topological polar surface area (TPSA) is 135 Å². The van der Waals surface area contributed by atoms with Gasteiger partial charge in [0.25, 0.3) is 5.91 Å². The SMILES string of the molecule is CC(=O)Nc1cccc(-c2ncc3c(C(=O)N4CCN(C(c5ccccc5)c5nnn(C)n5)CC4)nccc3n2)c1. The molecule has 4 heterocycles. The number of nitrogens with one attached hydrogen (secondary N) is 1. The maximum absolute atomic E-state index is 13.6. The Morgan fingerprint density at radius 2 is 1.76 bits per heavy atom. The Kier molecular flexibility index (Phi) is 7.13. The van der Waals surface area contributed by atoms with Crippen LogP contribution in [0.2, 0.25) is 0 Å². The number of carbonyl (C=O) groups excluding carboxylic acids is 2. The van der Waals surface area contributed by atoms with Gasteiger partial charge in [-0.1, -0.05) is 42.5 Å². The van der Waals surface area contributed by atoms with Gasteiger partial charge >= 0.3 is 0 Å². The summed E-state index contributed by atoms with van der Waals surface area (Å²) in [5.41, 5.74) is 3.43. The molecule has 1 aliphatic heterocycles. The van der Waals surface area contributed by atoms with E-state index in [4.69, 9.17) is 4.98 Å². The highest BCUT2D eigenvalue weighted by atomic mass is 16.2. The van der Waals surface area contributed by atoms with E-state index >= 15 is 0 Å². The van der Waals surface area contributed by atoms with E-state index in [1.807, 2.05) is 41.3 Å². The minimum Gasteiger partial charge on any atom is -0.335 e. The van der Waals surface area contributed by atoms with Gasteiger partial charge < -0.3 is 10.2 Å². The lowest BCUT2D eigenvalue weighted by Crippen LogP contribution is -2.50. The zero-order chi connectivity index (χ0) is 28.3. The molecule has 41 heavy (non-hydrogen) atoms. The molecule has 0 aliphatic carbocycles. The number of fused-ring (bicyclic) bond motifs is 1. The summed E-state index contributed by atoms with van der Waals surface area (Å²) < 4.78 is 0. The molecule has 1 aliphatic rings. The minimum absolute atomic E-state index is 0.155. The summed E-state index contributed by atoms with van der Waals surface area (Å²) in [5, 5.41) is 16.2. The fourth-order valence-corrected chi connectivity index (χ4v) is 5.10. The molecular formula is C29H28N10O2. The normalized spacial score (nSPS) is 14.6. The Morgan fingerprint density at radius 3 is 2.49 bits per heavy atom. The van der Waals surface area contributed by atoms with Crippen molar-refractivity contribution in [3.05, 3.63) is 90.1 Å². The highest BCUT2D eigenvalue weighted by molar-refractivity contribution is 6.04. The molecule has 1 N–H and O–H groups in total. The van der Waals surface area contributed by atoms with Gasteiger partial charge in [0.1, 0.15) is 5.69 Å². The third kappa shape index (κ3) is 5.50. The highest BCUT2D eigenvalue weighted by Crippen LogP contribution is 2.28. The second-order valence-corrected chi connectivity index (χ2v) is 9.83. The quantitative estimate of drug-likeness (QED) is 0.340. The number of amides is 2. The van der Waals surface area contributed by atoms with Crippen molar-refractivity contribution in [3.63, 3.8) is 0 Å². The van der Waals surface area contributed by atoms with E-state index in [1.54, 1.807) is 31.6 Å². The van der Waals surface area contributed by atoms with Crippen LogP contribution < -0.4 is 5.32 Å². The third-order valence-corrected chi connectivity index (χ3v) is 7.00. The van der Waals surface area contributed by atoms with E-state index in [1.165, 1.54) is 11.7 Å². The van der Waals surface area contributed by atoms with E-state index in [2.05, 4.69) is 47.7 Å². The molecule has 206 valence electrons. The predicted octanol–water partition coefficient (Wildman–Crippen LogP) is 2.72. The summed E-state index contributed by atoms with van der Waals surface area (Å²) in [6, 6.07) is 19.0. The maximum atomic E-state index is 13.6.